The number of rotatable bonds is 6. The van der Waals surface area contributed by atoms with Crippen LogP contribution < -0.4 is 5.73 Å². The number of nitrogens with two attached hydrogens (primary N) is 1. The molecule has 2 aromatic carbocycles. The minimum absolute atomic E-state index is 0.191. The van der Waals surface area contributed by atoms with Crippen LogP contribution in [0.25, 0.3) is 0 Å². The first kappa shape index (κ1) is 24.3. The summed E-state index contributed by atoms with van der Waals surface area (Å²) in [7, 11) is 1.30. The molecule has 7 nitrogen and oxygen atoms in total. The topological polar surface area (TPSA) is 108 Å². The lowest BCUT2D eigenvalue weighted by atomic mass is 9.76. The van der Waals surface area contributed by atoms with Crippen LogP contribution in [-0.4, -0.2) is 37.2 Å². The number of thiophene rings is 1. The summed E-state index contributed by atoms with van der Waals surface area (Å²) in [5, 5.41) is 0.521. The Bertz CT molecular complexity index is 1330. The van der Waals surface area contributed by atoms with Crippen molar-refractivity contribution in [1.82, 2.24) is 0 Å². The average molecular weight is 495 g/mol. The van der Waals surface area contributed by atoms with Crippen molar-refractivity contribution in [3.05, 3.63) is 81.5 Å². The second-order valence-electron chi connectivity index (χ2n) is 7.97. The van der Waals surface area contributed by atoms with Crippen molar-refractivity contribution >= 4 is 45.5 Å². The zero-order valence-corrected chi connectivity index (χ0v) is 20.1. The van der Waals surface area contributed by atoms with Crippen LogP contribution >= 0.6 is 11.3 Å². The molecule has 0 spiro atoms. The van der Waals surface area contributed by atoms with Crippen LogP contribution in [0.15, 0.2) is 53.5 Å². The van der Waals surface area contributed by atoms with E-state index in [2.05, 4.69) is 4.99 Å². The maximum Gasteiger partial charge on any atom is 0.337 e. The Morgan fingerprint density at radius 1 is 1.06 bits per heavy atom. The third-order valence-corrected chi connectivity index (χ3v) is 6.99. The molecule has 1 aromatic heterocycles. The summed E-state index contributed by atoms with van der Waals surface area (Å²) < 4.78 is 23.5. The van der Waals surface area contributed by atoms with E-state index in [1.807, 2.05) is 0 Å². The van der Waals surface area contributed by atoms with Gasteiger partial charge >= 0.3 is 11.9 Å². The Morgan fingerprint density at radius 3 is 2.29 bits per heavy atom. The first-order chi connectivity index (χ1) is 16.8. The van der Waals surface area contributed by atoms with Crippen LogP contribution in [0.3, 0.4) is 0 Å². The molecule has 3 aromatic rings. The number of nitrogens with zero attached hydrogens (tertiary/aromatic N) is 1. The number of ketones is 1. The number of esters is 2. The standard InChI is InChI=1S/C26H23FN2O5S/c1-4-34-26(32)18-13(2)29-24-20(19(18)14-5-7-16(8-6-14)25(31)33-3)21(28)23(35-24)22(30)15-9-11-17(27)12-10-15/h5-12,18-19H,4,28H2,1-3H3. The fourth-order valence-corrected chi connectivity index (χ4v) is 5.37. The number of carbonyl (C=O) groups is 3. The maximum absolute atomic E-state index is 13.4. The minimum atomic E-state index is -0.767. The highest BCUT2D eigenvalue weighted by Gasteiger charge is 2.42. The molecule has 2 unspecified atom stereocenters. The molecule has 0 fully saturated rings. The summed E-state index contributed by atoms with van der Waals surface area (Å²) in [4.78, 5) is 43.0. The normalized spacial score (nSPS) is 16.7. The van der Waals surface area contributed by atoms with Crippen LogP contribution in [0.1, 0.15) is 56.5 Å². The summed E-state index contributed by atoms with van der Waals surface area (Å²) in [5.74, 6) is -3.10. The molecule has 4 rings (SSSR count). The summed E-state index contributed by atoms with van der Waals surface area (Å²) >= 11 is 1.13. The van der Waals surface area contributed by atoms with Gasteiger partial charge < -0.3 is 15.2 Å². The van der Waals surface area contributed by atoms with Crippen molar-refractivity contribution in [2.75, 3.05) is 19.5 Å². The van der Waals surface area contributed by atoms with E-state index in [1.54, 1.807) is 38.1 Å². The quantitative estimate of drug-likeness (QED) is 0.386. The number of aliphatic imine (C=N–C) groups is 1. The minimum Gasteiger partial charge on any atom is -0.465 e. The Morgan fingerprint density at radius 2 is 1.69 bits per heavy atom. The van der Waals surface area contributed by atoms with Gasteiger partial charge in [0.2, 0.25) is 5.78 Å². The van der Waals surface area contributed by atoms with Crippen LogP contribution in [-0.2, 0) is 14.3 Å². The second-order valence-corrected chi connectivity index (χ2v) is 8.97. The van der Waals surface area contributed by atoms with E-state index < -0.39 is 29.6 Å². The number of methoxy groups -OCH3 is 1. The third kappa shape index (κ3) is 4.46. The van der Waals surface area contributed by atoms with Crippen LogP contribution in [0.4, 0.5) is 15.1 Å². The number of ether oxygens (including phenoxy) is 2. The first-order valence-electron chi connectivity index (χ1n) is 10.9. The number of benzene rings is 2. The van der Waals surface area contributed by atoms with Crippen molar-refractivity contribution in [1.29, 1.82) is 0 Å². The summed E-state index contributed by atoms with van der Waals surface area (Å²) in [6, 6.07) is 11.9. The number of hydrogen-bond acceptors (Lipinski definition) is 8. The van der Waals surface area contributed by atoms with E-state index in [0.717, 1.165) is 11.3 Å². The van der Waals surface area contributed by atoms with E-state index in [-0.39, 0.29) is 23.0 Å². The van der Waals surface area contributed by atoms with Crippen LogP contribution in [0.5, 0.6) is 0 Å². The molecule has 0 radical (unpaired) electrons. The molecule has 0 saturated heterocycles. The first-order valence-corrected chi connectivity index (χ1v) is 11.7. The lowest BCUT2D eigenvalue weighted by Crippen LogP contribution is -2.33. The molecule has 2 N–H and O–H groups in total. The zero-order chi connectivity index (χ0) is 25.3. The highest BCUT2D eigenvalue weighted by molar-refractivity contribution is 7.18. The number of fused-ring (bicyclic) bond motifs is 1. The van der Waals surface area contributed by atoms with Crippen molar-refractivity contribution in [2.45, 2.75) is 19.8 Å². The zero-order valence-electron chi connectivity index (χ0n) is 19.3. The predicted octanol–water partition coefficient (Wildman–Crippen LogP) is 4.90. The molecule has 0 saturated carbocycles. The van der Waals surface area contributed by atoms with E-state index in [0.29, 0.717) is 33.0 Å². The highest BCUT2D eigenvalue weighted by atomic mass is 32.1. The van der Waals surface area contributed by atoms with Gasteiger partial charge in [0.25, 0.3) is 0 Å². The molecular weight excluding hydrogens is 471 g/mol. The molecule has 0 aliphatic carbocycles. The van der Waals surface area contributed by atoms with E-state index in [4.69, 9.17) is 15.2 Å². The Hall–Kier alpha value is -3.85. The van der Waals surface area contributed by atoms with Crippen molar-refractivity contribution < 1.29 is 28.2 Å². The number of anilines is 1. The summed E-state index contributed by atoms with van der Waals surface area (Å²) in [6.45, 7) is 3.64. The second kappa shape index (κ2) is 9.79. The Labute approximate surface area is 205 Å². The summed E-state index contributed by atoms with van der Waals surface area (Å²) in [6.07, 6.45) is 0. The maximum atomic E-state index is 13.4. The van der Waals surface area contributed by atoms with Crippen molar-refractivity contribution in [3.8, 4) is 0 Å². The predicted molar refractivity (Wildman–Crippen MR) is 131 cm³/mol. The SMILES string of the molecule is CCOC(=O)C1C(C)=Nc2sc(C(=O)c3ccc(F)cc3)c(N)c2C1c1ccc(C(=O)OC)cc1. The highest BCUT2D eigenvalue weighted by Crippen LogP contribution is 2.51. The molecule has 0 bridgehead atoms. The molecule has 0 amide bonds. The smallest absolute Gasteiger partial charge is 0.337 e. The lowest BCUT2D eigenvalue weighted by Gasteiger charge is -2.30. The van der Waals surface area contributed by atoms with Gasteiger partial charge in [-0.15, -0.1) is 11.3 Å². The van der Waals surface area contributed by atoms with Crippen LogP contribution in [0.2, 0.25) is 0 Å². The fraction of sp³-hybridized carbons (Fsp3) is 0.231. The van der Waals surface area contributed by atoms with Gasteiger partial charge in [0.05, 0.1) is 25.0 Å². The van der Waals surface area contributed by atoms with Gasteiger partial charge in [0.15, 0.2) is 0 Å². The van der Waals surface area contributed by atoms with E-state index in [1.165, 1.54) is 31.4 Å². The monoisotopic (exact) mass is 494 g/mol. The van der Waals surface area contributed by atoms with Gasteiger partial charge in [-0.3, -0.25) is 9.59 Å². The Balaban J connectivity index is 1.85. The number of hydrogen-bond donors (Lipinski definition) is 1. The largest absolute Gasteiger partial charge is 0.465 e. The number of carbonyl (C=O) groups excluding carboxylic acids is 3. The summed E-state index contributed by atoms with van der Waals surface area (Å²) in [5.41, 5.74) is 9.17. The fourth-order valence-electron chi connectivity index (χ4n) is 4.21. The molecule has 2 atom stereocenters. The van der Waals surface area contributed by atoms with Gasteiger partial charge in [-0.1, -0.05) is 12.1 Å². The van der Waals surface area contributed by atoms with Crippen LogP contribution in [0, 0.1) is 11.7 Å². The number of halogens is 1. The Kier molecular flexibility index (Phi) is 6.79. The molecule has 180 valence electrons. The molecule has 1 aliphatic heterocycles. The van der Waals surface area contributed by atoms with Gasteiger partial charge in [-0.25, -0.2) is 14.2 Å². The molecule has 9 heteroatoms. The molecule has 1 aliphatic rings. The lowest BCUT2D eigenvalue weighted by molar-refractivity contribution is -0.146. The van der Waals surface area contributed by atoms with Gasteiger partial charge in [0, 0.05) is 22.8 Å². The van der Waals surface area contributed by atoms with Gasteiger partial charge in [-0.2, -0.15) is 0 Å². The number of nitrogen functional groups attached to an aromatic ring is 1. The van der Waals surface area contributed by atoms with Gasteiger partial charge in [0.1, 0.15) is 21.6 Å². The molecule has 2 heterocycles. The van der Waals surface area contributed by atoms with E-state index in [9.17, 15) is 18.8 Å². The van der Waals surface area contributed by atoms with Crippen molar-refractivity contribution in [2.24, 2.45) is 10.9 Å². The van der Waals surface area contributed by atoms with Gasteiger partial charge in [-0.05, 0) is 55.8 Å². The van der Waals surface area contributed by atoms with E-state index >= 15 is 0 Å². The average Bonchev–Trinajstić information content (AvgIpc) is 3.18. The van der Waals surface area contributed by atoms with Crippen molar-refractivity contribution in [3.63, 3.8) is 0 Å². The molecular formula is C26H23FN2O5S. The molecule has 35 heavy (non-hydrogen) atoms. The third-order valence-electron chi connectivity index (χ3n) is 5.88.